The van der Waals surface area contributed by atoms with E-state index in [1.54, 1.807) is 12.1 Å². The second kappa shape index (κ2) is 51.7. The highest BCUT2D eigenvalue weighted by Gasteiger charge is 2.51. The molecule has 690 valence electrons. The minimum Gasteiger partial charge on any atom is -0.543 e. The molecule has 0 aliphatic rings. The lowest BCUT2D eigenvalue weighted by molar-refractivity contribution is -0.386. The molecule has 8 aromatic carbocycles. The van der Waals surface area contributed by atoms with E-state index in [0.29, 0.717) is 73.3 Å². The molecule has 0 amide bonds. The maximum atomic E-state index is 12.2. The molecule has 36 heteroatoms. The number of nitrogens with zero attached hydrogens (tertiary/aromatic N) is 4. The molecule has 29 nitrogen and oxygen atoms in total. The predicted octanol–water partition coefficient (Wildman–Crippen LogP) is 23.8. The zero-order chi connectivity index (χ0) is 97.7. The van der Waals surface area contributed by atoms with Gasteiger partial charge in [0.25, 0.3) is 30.6 Å². The maximum absolute atomic E-state index is 12.2. The Balaban J connectivity index is 0.000000761. The molecule has 8 aromatic rings. The fraction of sp³-hybridized carbons (Fsp3) is 0.385. The molecular weight excluding hydrogens is 1720 g/mol. The second-order valence-electron chi connectivity index (χ2n) is 31.5. The number of aromatic hydroxyl groups is 3. The number of ether oxygens (including phenoxy) is 2. The number of halogens is 3. The smallest absolute Gasteiger partial charge is 0.534 e. The van der Waals surface area contributed by atoms with E-state index in [0.717, 1.165) is 72.4 Å². The van der Waals surface area contributed by atoms with Gasteiger partial charge in [0, 0.05) is 53.6 Å². The molecule has 0 saturated carbocycles. The van der Waals surface area contributed by atoms with Crippen molar-refractivity contribution >= 4 is 81.7 Å². The molecule has 0 atom stereocenters. The van der Waals surface area contributed by atoms with Gasteiger partial charge in [-0.2, -0.15) is 21.6 Å². The molecule has 0 aromatic heterocycles. The lowest BCUT2D eigenvalue weighted by Gasteiger charge is -2.42. The summed E-state index contributed by atoms with van der Waals surface area (Å²) < 4.78 is 90.8. The summed E-state index contributed by atoms with van der Waals surface area (Å²) in [6, 6.07) is 42.6. The van der Waals surface area contributed by atoms with Crippen molar-refractivity contribution in [3.05, 3.63) is 260 Å². The lowest BCUT2D eigenvalue weighted by Crippen LogP contribution is -2.50. The number of benzene rings is 8. The number of rotatable bonds is 25. The molecule has 0 unspecified atom stereocenters. The molecule has 0 radical (unpaired) electrons. The Labute approximate surface area is 743 Å². The number of hydrogen-bond acceptors (Lipinski definition) is 23. The fourth-order valence-electron chi connectivity index (χ4n) is 14.0. The number of carboxylic acid groups (broad SMARTS) is 2. The van der Waals surface area contributed by atoms with Gasteiger partial charge in [0.2, 0.25) is 5.75 Å². The van der Waals surface area contributed by atoms with Crippen LogP contribution in [0.1, 0.15) is 214 Å². The highest BCUT2D eigenvalue weighted by molar-refractivity contribution is 7.88. The SMILES string of the molecule is C#Cc1ccc(O[Si](C(C)C)(C(C)C)C(C)C)cc1.CCC.COC(=O)c1ccc([N+](=O)[O-])c(C#Cc2ccc(O[Si](C(C)C)(C(C)C)C(C)C)cc2)c1.COC(=O)c1ccc([N+](=O)[O-])c(OS(=O)(=O)C(F)(F)F)c1.Cc1ccc(O)cc1.Cc1ccc(O[Si](C(C)C)(C(C)C)C(C)C)cc1.O=C(O)c1ccc([N+](=O)[O-])c(O)c1.O=C(O)c1ccc([N+](=O)[O-])c(O)c1. The van der Waals surface area contributed by atoms with E-state index >= 15 is 0 Å². The van der Waals surface area contributed by atoms with Gasteiger partial charge in [-0.25, -0.2) is 19.2 Å². The van der Waals surface area contributed by atoms with E-state index in [1.807, 2.05) is 67.6 Å². The summed E-state index contributed by atoms with van der Waals surface area (Å²) in [7, 11) is -9.59. The third kappa shape index (κ3) is 33.3. The van der Waals surface area contributed by atoms with Gasteiger partial charge >= 0.3 is 56.6 Å². The van der Waals surface area contributed by atoms with Crippen LogP contribution in [0.2, 0.25) is 49.9 Å². The monoisotopic (exact) mass is 1840 g/mol. The standard InChI is InChI=1S/C25H31NO5Si.C17H26OSi.C16H28OSi.C9H6F3NO7S.2C7H5NO5.C7H8O.C3H8/c1-17(2)32(18(3)4,19(5)6)31-23-13-9-20(10-14-23)8-11-21-16-22(25(27)30-7)12-15-24(21)26(28)29;1-8-16-9-11-17(12-10-16)18-19(13(2)3,14(4)5)15(6)7;1-12(2)18(13(3)4,14(5)6)17-16-10-8-15(7)9-11-16;1-19-8(14)5-2-3-6(13(15)16)7(4-5)20-21(17,18)9(10,11)12;2*9-6-3-4(7(10)11)1-2-5(6)8(12)13;1-6-2-4-7(8)5-3-6;1-3-2/h9-10,12-19H,1-7H3;1,9-15H,2-7H3;8-14H,1-7H3;2-4H,1H3;2*1-3,9H,(H,10,11);2-5,8H,1H3;3H2,1-2H3. The minimum atomic E-state index is -6.11. The van der Waals surface area contributed by atoms with Crippen molar-refractivity contribution in [1.29, 1.82) is 0 Å². The summed E-state index contributed by atoms with van der Waals surface area (Å²) in [6.07, 6.45) is 6.64. The molecule has 8 rings (SSSR count). The number of aryl methyl sites for hydroxylation is 2. The largest absolute Gasteiger partial charge is 0.543 e. The number of alkyl halides is 3. The number of aromatic carboxylic acids is 2. The van der Waals surface area contributed by atoms with E-state index in [2.05, 4.69) is 201 Å². The van der Waals surface area contributed by atoms with Crippen LogP contribution in [-0.2, 0) is 19.6 Å². The van der Waals surface area contributed by atoms with Crippen LogP contribution < -0.4 is 17.5 Å². The number of nitro benzene ring substituents is 4. The third-order valence-electron chi connectivity index (χ3n) is 19.8. The van der Waals surface area contributed by atoms with Crippen LogP contribution in [0.25, 0.3) is 0 Å². The Kier molecular flexibility index (Phi) is 45.7. The van der Waals surface area contributed by atoms with E-state index in [1.165, 1.54) is 42.9 Å². The Morgan fingerprint density at radius 1 is 0.417 bits per heavy atom. The van der Waals surface area contributed by atoms with Crippen LogP contribution in [0.15, 0.2) is 170 Å². The first kappa shape index (κ1) is 112. The maximum Gasteiger partial charge on any atom is 0.534 e. The number of carboxylic acids is 2. The average Bonchev–Trinajstić information content (AvgIpc) is 0.801. The van der Waals surface area contributed by atoms with Crippen molar-refractivity contribution in [2.75, 3.05) is 14.2 Å². The number of terminal acetylenes is 1. The summed E-state index contributed by atoms with van der Waals surface area (Å²) in [5.41, 5.74) is 0.610. The molecule has 0 aliphatic heterocycles. The molecule has 0 saturated heterocycles. The van der Waals surface area contributed by atoms with Crippen molar-refractivity contribution in [2.24, 2.45) is 0 Å². The number of methoxy groups -OCH3 is 2. The highest BCUT2D eigenvalue weighted by Crippen LogP contribution is 2.46. The van der Waals surface area contributed by atoms with Gasteiger partial charge < -0.3 is 52.5 Å². The van der Waals surface area contributed by atoms with Gasteiger partial charge in [0.05, 0.1) is 56.2 Å². The van der Waals surface area contributed by atoms with Crippen molar-refractivity contribution in [1.82, 2.24) is 0 Å². The molecule has 127 heavy (non-hydrogen) atoms. The highest BCUT2D eigenvalue weighted by atomic mass is 32.2. The molecule has 0 fully saturated rings. The lowest BCUT2D eigenvalue weighted by atomic mass is 10.1. The Hall–Kier alpha value is -12.6. The topological polar surface area (TPSA) is 432 Å². The fourth-order valence-corrected chi connectivity index (χ4v) is 30.2. The molecular formula is C91H117F3N4O25SSi3. The Bertz CT molecular complexity index is 5050. The average molecular weight is 1840 g/mol. The number of nitro groups is 4. The van der Waals surface area contributed by atoms with Crippen molar-refractivity contribution in [3.63, 3.8) is 0 Å². The van der Waals surface area contributed by atoms with Crippen LogP contribution in [0.3, 0.4) is 0 Å². The number of carbonyl (C=O) groups excluding carboxylic acids is 2. The third-order valence-corrected chi connectivity index (χ3v) is 38.8. The normalized spacial score (nSPS) is 11.0. The number of phenols is 3. The minimum absolute atomic E-state index is 0.157. The molecule has 0 heterocycles. The summed E-state index contributed by atoms with van der Waals surface area (Å²) in [4.78, 5) is 82.8. The Morgan fingerprint density at radius 2 is 0.693 bits per heavy atom. The van der Waals surface area contributed by atoms with Crippen molar-refractivity contribution in [2.45, 2.75) is 214 Å². The van der Waals surface area contributed by atoms with Gasteiger partial charge in [-0.3, -0.25) is 40.5 Å². The van der Waals surface area contributed by atoms with E-state index in [4.69, 9.17) is 45.2 Å². The first-order valence-corrected chi connectivity index (χ1v) is 48.0. The van der Waals surface area contributed by atoms with Gasteiger partial charge in [-0.1, -0.05) is 198 Å². The molecule has 0 bridgehead atoms. The van der Waals surface area contributed by atoms with Gasteiger partial charge in [-0.15, -0.1) is 6.42 Å². The van der Waals surface area contributed by atoms with Crippen molar-refractivity contribution in [3.8, 4) is 64.4 Å². The number of phenolic OH excluding ortho intramolecular Hbond substituents is 3. The van der Waals surface area contributed by atoms with E-state index in [-0.39, 0.29) is 27.9 Å². The molecule has 0 aliphatic carbocycles. The quantitative estimate of drug-likeness (QED) is 0.00675. The number of hydrogen-bond donors (Lipinski definition) is 5. The van der Waals surface area contributed by atoms with Crippen LogP contribution >= 0.6 is 0 Å². The first-order valence-electron chi connectivity index (χ1n) is 40.1. The van der Waals surface area contributed by atoms with Crippen LogP contribution in [0, 0.1) is 78.5 Å². The summed E-state index contributed by atoms with van der Waals surface area (Å²) >= 11 is 0. The van der Waals surface area contributed by atoms with Crippen LogP contribution in [-0.4, -0.2) is 122 Å². The second-order valence-corrected chi connectivity index (χ2v) is 49.1. The van der Waals surface area contributed by atoms with Crippen molar-refractivity contribution < 1.29 is 113 Å². The summed E-state index contributed by atoms with van der Waals surface area (Å²) in [6.45, 7) is 49.5. The summed E-state index contributed by atoms with van der Waals surface area (Å²) in [5, 5.41) is 86.1. The van der Waals surface area contributed by atoms with Crippen LogP contribution in [0.4, 0.5) is 35.9 Å². The van der Waals surface area contributed by atoms with Gasteiger partial charge in [0.15, 0.2) is 11.5 Å². The molecule has 0 spiro atoms. The summed E-state index contributed by atoms with van der Waals surface area (Å²) in [5.74, 6) is 4.91. The number of carbonyl (C=O) groups is 4. The van der Waals surface area contributed by atoms with E-state index in [9.17, 15) is 81.2 Å². The Morgan fingerprint density at radius 3 is 0.961 bits per heavy atom. The predicted molar refractivity (Wildman–Crippen MR) is 490 cm³/mol. The zero-order valence-corrected chi connectivity index (χ0v) is 79.7. The van der Waals surface area contributed by atoms with Crippen LogP contribution in [0.5, 0.6) is 40.2 Å². The zero-order valence-electron chi connectivity index (χ0n) is 75.9. The number of esters is 2. The van der Waals surface area contributed by atoms with E-state index < -0.39 is 124 Å². The van der Waals surface area contributed by atoms with Gasteiger partial charge in [0.1, 0.15) is 28.6 Å². The first-order chi connectivity index (χ1) is 58.9. The molecule has 5 N–H and O–H groups in total. The van der Waals surface area contributed by atoms with Gasteiger partial charge in [-0.05, 0) is 167 Å².